The number of ketones is 1. The van der Waals surface area contributed by atoms with Crippen LogP contribution in [0.25, 0.3) is 5.65 Å². The number of imidazole rings is 1. The number of benzene rings is 1. The maximum Gasteiger partial charge on any atom is 0.307 e. The van der Waals surface area contributed by atoms with E-state index >= 15 is 0 Å². The second kappa shape index (κ2) is 8.25. The predicted octanol–water partition coefficient (Wildman–Crippen LogP) is 3.87. The third kappa shape index (κ3) is 3.91. The molecular weight excluding hydrogens is 356 g/mol. The van der Waals surface area contributed by atoms with Crippen LogP contribution in [0.4, 0.5) is 0 Å². The van der Waals surface area contributed by atoms with Crippen molar-refractivity contribution < 1.29 is 19.4 Å². The number of fused-ring (bicyclic) bond motifs is 1. The first-order valence-corrected chi connectivity index (χ1v) is 9.33. The summed E-state index contributed by atoms with van der Waals surface area (Å²) in [5.41, 5.74) is 3.51. The SMILES string of the molecule is CCOc1cccn2c(C(=O)C[C@H](Cc3ccccc3C)C(=O)O)c(C)nc12. The summed E-state index contributed by atoms with van der Waals surface area (Å²) >= 11 is 0. The molecule has 0 amide bonds. The molecule has 2 aromatic heterocycles. The van der Waals surface area contributed by atoms with E-state index in [1.807, 2.05) is 38.1 Å². The van der Waals surface area contributed by atoms with Gasteiger partial charge in [-0.1, -0.05) is 24.3 Å². The van der Waals surface area contributed by atoms with Crippen molar-refractivity contribution in [2.24, 2.45) is 5.92 Å². The lowest BCUT2D eigenvalue weighted by Crippen LogP contribution is -2.22. The molecule has 3 aromatic rings. The van der Waals surface area contributed by atoms with Gasteiger partial charge in [0.1, 0.15) is 5.69 Å². The first kappa shape index (κ1) is 19.6. The summed E-state index contributed by atoms with van der Waals surface area (Å²) in [6, 6.07) is 11.2. The first-order valence-electron chi connectivity index (χ1n) is 9.33. The van der Waals surface area contributed by atoms with E-state index in [4.69, 9.17) is 4.74 Å². The second-order valence-electron chi connectivity index (χ2n) is 6.84. The van der Waals surface area contributed by atoms with Crippen LogP contribution >= 0.6 is 0 Å². The van der Waals surface area contributed by atoms with Gasteiger partial charge in [0.05, 0.1) is 18.2 Å². The van der Waals surface area contributed by atoms with Gasteiger partial charge in [-0.05, 0) is 50.5 Å². The molecule has 146 valence electrons. The fourth-order valence-corrected chi connectivity index (χ4v) is 3.43. The lowest BCUT2D eigenvalue weighted by molar-refractivity contribution is -0.141. The van der Waals surface area contributed by atoms with Crippen molar-refractivity contribution in [3.8, 4) is 5.75 Å². The number of pyridine rings is 1. The molecule has 0 spiro atoms. The van der Waals surface area contributed by atoms with Crippen LogP contribution in [0.2, 0.25) is 0 Å². The number of aliphatic carboxylic acids is 1. The monoisotopic (exact) mass is 380 g/mol. The summed E-state index contributed by atoms with van der Waals surface area (Å²) in [4.78, 5) is 29.3. The number of carboxylic acid groups (broad SMARTS) is 1. The van der Waals surface area contributed by atoms with E-state index in [0.717, 1.165) is 11.1 Å². The lowest BCUT2D eigenvalue weighted by atomic mass is 9.91. The van der Waals surface area contributed by atoms with Gasteiger partial charge in [-0.25, -0.2) is 4.98 Å². The number of carbonyl (C=O) groups is 2. The molecule has 0 bridgehead atoms. The Hall–Kier alpha value is -3.15. The Kier molecular flexibility index (Phi) is 5.78. The van der Waals surface area contributed by atoms with Crippen LogP contribution in [-0.2, 0) is 11.2 Å². The van der Waals surface area contributed by atoms with Gasteiger partial charge in [-0.2, -0.15) is 0 Å². The van der Waals surface area contributed by atoms with E-state index in [1.165, 1.54) is 0 Å². The van der Waals surface area contributed by atoms with Crippen LogP contribution in [0.15, 0.2) is 42.6 Å². The van der Waals surface area contributed by atoms with Crippen LogP contribution in [0.3, 0.4) is 0 Å². The Morgan fingerprint density at radius 1 is 1.18 bits per heavy atom. The van der Waals surface area contributed by atoms with Crippen LogP contribution < -0.4 is 4.74 Å². The van der Waals surface area contributed by atoms with E-state index in [2.05, 4.69) is 4.98 Å². The normalized spacial score (nSPS) is 12.1. The third-order valence-electron chi connectivity index (χ3n) is 4.86. The van der Waals surface area contributed by atoms with Crippen LogP contribution in [0.1, 0.15) is 40.7 Å². The standard InChI is InChI=1S/C22H24N2O4/c1-4-28-19-10-7-11-24-20(15(3)23-21(19)24)18(25)13-17(22(26)27)12-16-9-6-5-8-14(16)2/h5-11,17H,4,12-13H2,1-3H3,(H,26,27)/t17-/m0/s1. The highest BCUT2D eigenvalue weighted by Crippen LogP contribution is 2.25. The number of aromatic nitrogens is 2. The molecule has 1 atom stereocenters. The number of carbonyl (C=O) groups excluding carboxylic acids is 1. The number of nitrogens with zero attached hydrogens (tertiary/aromatic N) is 2. The number of hydrogen-bond acceptors (Lipinski definition) is 4. The molecule has 0 aliphatic rings. The smallest absolute Gasteiger partial charge is 0.307 e. The average molecular weight is 380 g/mol. The van der Waals surface area contributed by atoms with Gasteiger partial charge in [-0.15, -0.1) is 0 Å². The molecule has 2 heterocycles. The van der Waals surface area contributed by atoms with Crippen molar-refractivity contribution >= 4 is 17.4 Å². The molecule has 28 heavy (non-hydrogen) atoms. The molecule has 6 nitrogen and oxygen atoms in total. The fraction of sp³-hybridized carbons (Fsp3) is 0.318. The first-order chi connectivity index (χ1) is 13.4. The molecule has 1 N–H and O–H groups in total. The summed E-state index contributed by atoms with van der Waals surface area (Å²) in [6.45, 7) is 6.08. The van der Waals surface area contributed by atoms with Gasteiger partial charge in [-0.3, -0.25) is 14.0 Å². The molecule has 0 saturated heterocycles. The zero-order valence-electron chi connectivity index (χ0n) is 16.3. The zero-order valence-corrected chi connectivity index (χ0v) is 16.3. The molecule has 1 aromatic carbocycles. The van der Waals surface area contributed by atoms with Crippen molar-refractivity contribution in [1.82, 2.24) is 9.38 Å². The van der Waals surface area contributed by atoms with Gasteiger partial charge in [0.2, 0.25) is 0 Å². The maximum atomic E-state index is 13.0. The maximum absolute atomic E-state index is 13.0. The number of aryl methyl sites for hydroxylation is 2. The number of Topliss-reactive ketones (excluding diaryl/α,β-unsaturated/α-hetero) is 1. The second-order valence-corrected chi connectivity index (χ2v) is 6.84. The van der Waals surface area contributed by atoms with Crippen LogP contribution in [0, 0.1) is 19.8 Å². The molecule has 0 aliphatic heterocycles. The zero-order chi connectivity index (χ0) is 20.3. The minimum absolute atomic E-state index is 0.0861. The predicted molar refractivity (Wildman–Crippen MR) is 106 cm³/mol. The van der Waals surface area contributed by atoms with Crippen molar-refractivity contribution in [2.45, 2.75) is 33.6 Å². The topological polar surface area (TPSA) is 80.9 Å². The number of hydrogen-bond donors (Lipinski definition) is 1. The highest BCUT2D eigenvalue weighted by Gasteiger charge is 2.26. The van der Waals surface area contributed by atoms with Crippen molar-refractivity contribution in [2.75, 3.05) is 6.61 Å². The molecule has 0 aliphatic carbocycles. The fourth-order valence-electron chi connectivity index (χ4n) is 3.43. The molecule has 0 saturated carbocycles. The molecule has 6 heteroatoms. The summed E-state index contributed by atoms with van der Waals surface area (Å²) in [5.74, 6) is -1.41. The van der Waals surface area contributed by atoms with Crippen LogP contribution in [-0.4, -0.2) is 32.9 Å². The summed E-state index contributed by atoms with van der Waals surface area (Å²) in [6.07, 6.45) is 1.98. The highest BCUT2D eigenvalue weighted by atomic mass is 16.5. The average Bonchev–Trinajstić information content (AvgIpc) is 3.00. The van der Waals surface area contributed by atoms with Crippen molar-refractivity contribution in [3.63, 3.8) is 0 Å². The van der Waals surface area contributed by atoms with Gasteiger partial charge in [0, 0.05) is 12.6 Å². The lowest BCUT2D eigenvalue weighted by Gasteiger charge is -2.14. The van der Waals surface area contributed by atoms with Gasteiger partial charge < -0.3 is 9.84 Å². The third-order valence-corrected chi connectivity index (χ3v) is 4.86. The van der Waals surface area contributed by atoms with E-state index in [1.54, 1.807) is 29.7 Å². The number of rotatable bonds is 8. The Bertz CT molecular complexity index is 1020. The minimum atomic E-state index is -0.974. The van der Waals surface area contributed by atoms with Gasteiger partial charge in [0.15, 0.2) is 17.2 Å². The molecule has 0 radical (unpaired) electrons. The summed E-state index contributed by atoms with van der Waals surface area (Å²) in [7, 11) is 0. The van der Waals surface area contributed by atoms with Crippen molar-refractivity contribution in [3.05, 3.63) is 65.1 Å². The molecular formula is C22H24N2O4. The highest BCUT2D eigenvalue weighted by molar-refractivity contribution is 5.98. The van der Waals surface area contributed by atoms with Gasteiger partial charge >= 0.3 is 5.97 Å². The molecule has 3 rings (SSSR count). The minimum Gasteiger partial charge on any atom is -0.490 e. The summed E-state index contributed by atoms with van der Waals surface area (Å²) in [5, 5.41) is 9.67. The number of carboxylic acids is 1. The Morgan fingerprint density at radius 3 is 2.61 bits per heavy atom. The van der Waals surface area contributed by atoms with Crippen LogP contribution in [0.5, 0.6) is 5.75 Å². The Morgan fingerprint density at radius 2 is 1.93 bits per heavy atom. The quantitative estimate of drug-likeness (QED) is 0.600. The number of ether oxygens (including phenoxy) is 1. The molecule has 0 fully saturated rings. The largest absolute Gasteiger partial charge is 0.490 e. The van der Waals surface area contributed by atoms with E-state index in [0.29, 0.717) is 35.8 Å². The van der Waals surface area contributed by atoms with Crippen molar-refractivity contribution in [1.29, 1.82) is 0 Å². The Labute approximate surface area is 163 Å². The van der Waals surface area contributed by atoms with E-state index in [9.17, 15) is 14.7 Å². The molecule has 0 unspecified atom stereocenters. The van der Waals surface area contributed by atoms with E-state index < -0.39 is 11.9 Å². The Balaban J connectivity index is 1.90. The van der Waals surface area contributed by atoms with Gasteiger partial charge in [0.25, 0.3) is 0 Å². The summed E-state index contributed by atoms with van der Waals surface area (Å²) < 4.78 is 7.28. The van der Waals surface area contributed by atoms with E-state index in [-0.39, 0.29) is 12.2 Å².